The fraction of sp³-hybridized carbons (Fsp3) is 0.0909. The molecule has 1 nitrogen and oxygen atoms in total. The normalized spacial score (nSPS) is 13.3. The molecule has 0 aliphatic heterocycles. The average molecular weight is 318 g/mol. The Morgan fingerprint density at radius 2 is 1.25 bits per heavy atom. The van der Waals surface area contributed by atoms with Crippen LogP contribution in [0.2, 0.25) is 0 Å². The molecule has 3 rings (SSSR count). The van der Waals surface area contributed by atoms with Crippen molar-refractivity contribution >= 4 is 11.1 Å². The number of halogens is 1. The number of allylic oxidation sites excluding steroid dienone is 1. The maximum atomic E-state index is 13.2. The van der Waals surface area contributed by atoms with Gasteiger partial charge in [-0.3, -0.25) is 0 Å². The third-order valence-electron chi connectivity index (χ3n) is 4.15. The van der Waals surface area contributed by atoms with E-state index in [1.807, 2.05) is 67.6 Å². The van der Waals surface area contributed by atoms with Gasteiger partial charge < -0.3 is 5.11 Å². The Kier molecular flexibility index (Phi) is 4.88. The zero-order valence-electron chi connectivity index (χ0n) is 13.5. The van der Waals surface area contributed by atoms with Crippen LogP contribution in [0.15, 0.2) is 84.9 Å². The minimum Gasteiger partial charge on any atom is -0.384 e. The molecule has 0 unspecified atom stereocenters. The summed E-state index contributed by atoms with van der Waals surface area (Å²) in [5.41, 5.74) is 4.51. The second-order valence-electron chi connectivity index (χ2n) is 5.72. The molecule has 0 bridgehead atoms. The number of rotatable bonds is 4. The smallest absolute Gasteiger partial charge is 0.123 e. The number of aliphatic hydroxyl groups is 1. The standard InChI is InChI=1S/C22H19FO/c1-16(17-8-4-2-5-9-17)21(18-10-6-3-7-11-18)22(24)19-12-14-20(23)15-13-19/h2-15,22,24H,1H3/b21-16+/t22-/m0/s1. The van der Waals surface area contributed by atoms with E-state index in [1.165, 1.54) is 12.1 Å². The van der Waals surface area contributed by atoms with Crippen LogP contribution in [0.5, 0.6) is 0 Å². The third-order valence-corrected chi connectivity index (χ3v) is 4.15. The molecule has 3 aromatic rings. The Morgan fingerprint density at radius 1 is 0.750 bits per heavy atom. The van der Waals surface area contributed by atoms with Gasteiger partial charge in [0.25, 0.3) is 0 Å². The molecule has 0 aliphatic carbocycles. The van der Waals surface area contributed by atoms with Gasteiger partial charge in [-0.05, 0) is 46.9 Å². The second-order valence-corrected chi connectivity index (χ2v) is 5.72. The summed E-state index contributed by atoms with van der Waals surface area (Å²) in [6.45, 7) is 2.00. The molecule has 24 heavy (non-hydrogen) atoms. The molecule has 0 spiro atoms. The van der Waals surface area contributed by atoms with Crippen molar-refractivity contribution in [2.45, 2.75) is 13.0 Å². The van der Waals surface area contributed by atoms with Crippen molar-refractivity contribution < 1.29 is 9.50 Å². The Hall–Kier alpha value is -2.71. The van der Waals surface area contributed by atoms with E-state index in [0.29, 0.717) is 5.56 Å². The first-order valence-corrected chi connectivity index (χ1v) is 7.92. The van der Waals surface area contributed by atoms with Gasteiger partial charge in [0.05, 0.1) is 0 Å². The van der Waals surface area contributed by atoms with Crippen molar-refractivity contribution in [3.8, 4) is 0 Å². The lowest BCUT2D eigenvalue weighted by Crippen LogP contribution is -2.03. The molecular formula is C22H19FO. The summed E-state index contributed by atoms with van der Waals surface area (Å²) in [4.78, 5) is 0. The van der Waals surface area contributed by atoms with Gasteiger partial charge in [0.15, 0.2) is 0 Å². The van der Waals surface area contributed by atoms with Gasteiger partial charge in [0, 0.05) is 0 Å². The minimum absolute atomic E-state index is 0.309. The van der Waals surface area contributed by atoms with Gasteiger partial charge in [0.1, 0.15) is 11.9 Å². The molecule has 1 atom stereocenters. The van der Waals surface area contributed by atoms with Crippen LogP contribution in [0.4, 0.5) is 4.39 Å². The van der Waals surface area contributed by atoms with Crippen LogP contribution >= 0.6 is 0 Å². The van der Waals surface area contributed by atoms with Crippen molar-refractivity contribution in [1.82, 2.24) is 0 Å². The molecule has 0 radical (unpaired) electrons. The predicted molar refractivity (Wildman–Crippen MR) is 96.7 cm³/mol. The lowest BCUT2D eigenvalue weighted by molar-refractivity contribution is 0.238. The van der Waals surface area contributed by atoms with Crippen LogP contribution in [-0.2, 0) is 0 Å². The van der Waals surface area contributed by atoms with Crippen molar-refractivity contribution in [3.63, 3.8) is 0 Å². The van der Waals surface area contributed by atoms with E-state index in [-0.39, 0.29) is 5.82 Å². The molecule has 3 aromatic carbocycles. The molecule has 2 heteroatoms. The Bertz CT molecular complexity index is 821. The number of hydrogen-bond acceptors (Lipinski definition) is 1. The summed E-state index contributed by atoms with van der Waals surface area (Å²) in [5, 5.41) is 11.0. The van der Waals surface area contributed by atoms with Crippen molar-refractivity contribution in [2.75, 3.05) is 0 Å². The maximum absolute atomic E-state index is 13.2. The number of hydrogen-bond donors (Lipinski definition) is 1. The van der Waals surface area contributed by atoms with E-state index in [1.54, 1.807) is 12.1 Å². The largest absolute Gasteiger partial charge is 0.384 e. The van der Waals surface area contributed by atoms with Crippen LogP contribution in [0.1, 0.15) is 29.7 Å². The van der Waals surface area contributed by atoms with E-state index in [4.69, 9.17) is 0 Å². The fourth-order valence-corrected chi connectivity index (χ4v) is 2.85. The highest BCUT2D eigenvalue weighted by atomic mass is 19.1. The van der Waals surface area contributed by atoms with Gasteiger partial charge in [-0.25, -0.2) is 4.39 Å². The zero-order valence-corrected chi connectivity index (χ0v) is 13.5. The van der Waals surface area contributed by atoms with Crippen molar-refractivity contribution in [2.24, 2.45) is 0 Å². The number of aliphatic hydroxyl groups excluding tert-OH is 1. The highest BCUT2D eigenvalue weighted by Crippen LogP contribution is 2.36. The van der Waals surface area contributed by atoms with Gasteiger partial charge in [0.2, 0.25) is 0 Å². The van der Waals surface area contributed by atoms with Gasteiger partial charge in [-0.1, -0.05) is 72.8 Å². The van der Waals surface area contributed by atoms with Crippen LogP contribution in [0.3, 0.4) is 0 Å². The molecule has 0 saturated heterocycles. The highest BCUT2D eigenvalue weighted by molar-refractivity contribution is 5.92. The lowest BCUT2D eigenvalue weighted by Gasteiger charge is -2.20. The van der Waals surface area contributed by atoms with E-state index < -0.39 is 6.10 Å². The molecule has 0 aromatic heterocycles. The lowest BCUT2D eigenvalue weighted by atomic mass is 9.89. The summed E-state index contributed by atoms with van der Waals surface area (Å²) in [6, 6.07) is 25.8. The first kappa shape index (κ1) is 16.2. The number of benzene rings is 3. The minimum atomic E-state index is -0.826. The van der Waals surface area contributed by atoms with Crippen LogP contribution in [0.25, 0.3) is 11.1 Å². The first-order chi connectivity index (χ1) is 11.7. The molecular weight excluding hydrogens is 299 g/mol. The molecule has 0 aliphatic rings. The van der Waals surface area contributed by atoms with Crippen molar-refractivity contribution in [1.29, 1.82) is 0 Å². The molecule has 1 N–H and O–H groups in total. The van der Waals surface area contributed by atoms with Gasteiger partial charge in [-0.2, -0.15) is 0 Å². The van der Waals surface area contributed by atoms with Crippen molar-refractivity contribution in [3.05, 3.63) is 107 Å². The van der Waals surface area contributed by atoms with E-state index in [2.05, 4.69) is 0 Å². The summed E-state index contributed by atoms with van der Waals surface area (Å²) >= 11 is 0. The Balaban J connectivity index is 2.14. The fourth-order valence-electron chi connectivity index (χ4n) is 2.85. The monoisotopic (exact) mass is 318 g/mol. The first-order valence-electron chi connectivity index (χ1n) is 7.92. The molecule has 0 fully saturated rings. The van der Waals surface area contributed by atoms with E-state index >= 15 is 0 Å². The summed E-state index contributed by atoms with van der Waals surface area (Å²) in [7, 11) is 0. The van der Waals surface area contributed by atoms with Gasteiger partial charge in [-0.15, -0.1) is 0 Å². The zero-order chi connectivity index (χ0) is 16.9. The third kappa shape index (κ3) is 3.44. The van der Waals surface area contributed by atoms with Crippen LogP contribution < -0.4 is 0 Å². The summed E-state index contributed by atoms with van der Waals surface area (Å²) < 4.78 is 13.2. The van der Waals surface area contributed by atoms with Crippen LogP contribution in [0, 0.1) is 5.82 Å². The van der Waals surface area contributed by atoms with E-state index in [9.17, 15) is 9.50 Å². The predicted octanol–water partition coefficient (Wildman–Crippen LogP) is 5.49. The molecule has 120 valence electrons. The average Bonchev–Trinajstić information content (AvgIpc) is 2.64. The summed E-state index contributed by atoms with van der Waals surface area (Å²) in [5.74, 6) is -0.309. The molecule has 0 amide bonds. The molecule has 0 heterocycles. The summed E-state index contributed by atoms with van der Waals surface area (Å²) in [6.07, 6.45) is -0.826. The SMILES string of the molecule is C/C(=C(/c1ccccc1)[C@@H](O)c1ccc(F)cc1)c1ccccc1. The quantitative estimate of drug-likeness (QED) is 0.631. The van der Waals surface area contributed by atoms with E-state index in [0.717, 1.165) is 22.3 Å². The highest BCUT2D eigenvalue weighted by Gasteiger charge is 2.18. The molecule has 0 saturated carbocycles. The van der Waals surface area contributed by atoms with Crippen LogP contribution in [-0.4, -0.2) is 5.11 Å². The Morgan fingerprint density at radius 3 is 1.79 bits per heavy atom. The topological polar surface area (TPSA) is 20.2 Å². The Labute approximate surface area is 141 Å². The second kappa shape index (κ2) is 7.24. The van der Waals surface area contributed by atoms with Gasteiger partial charge >= 0.3 is 0 Å². The maximum Gasteiger partial charge on any atom is 0.123 e.